The quantitative estimate of drug-likeness (QED) is 0.509. The van der Waals surface area contributed by atoms with Crippen molar-refractivity contribution in [2.75, 3.05) is 7.11 Å². The average molecular weight is 212 g/mol. The molecule has 0 saturated heterocycles. The molecule has 1 aromatic rings. The Labute approximate surface area is 86.4 Å². The fourth-order valence-electron chi connectivity index (χ4n) is 1.14. The zero-order valence-electron chi connectivity index (χ0n) is 8.11. The number of carbonyl (C=O) groups is 1. The summed E-state index contributed by atoms with van der Waals surface area (Å²) in [5.74, 6) is -1.20. The zero-order chi connectivity index (χ0) is 11.4. The molecule has 6 heteroatoms. The highest BCUT2D eigenvalue weighted by Gasteiger charge is 2.17. The first-order chi connectivity index (χ1) is 7.04. The van der Waals surface area contributed by atoms with E-state index >= 15 is 0 Å². The van der Waals surface area contributed by atoms with Crippen molar-refractivity contribution in [3.8, 4) is 0 Å². The molecule has 0 amide bonds. The molecule has 80 valence electrons. The van der Waals surface area contributed by atoms with Crippen molar-refractivity contribution in [3.63, 3.8) is 0 Å². The summed E-state index contributed by atoms with van der Waals surface area (Å²) < 4.78 is 17.4. The molecule has 0 unspecified atom stereocenters. The number of hydrogen-bond donors (Lipinski definition) is 2. The number of carbonyl (C=O) groups excluding carboxylic acids is 1. The normalized spacial score (nSPS) is 9.87. The topological polar surface area (TPSA) is 66.8 Å². The van der Waals surface area contributed by atoms with E-state index in [1.54, 1.807) is 0 Å². The first-order valence-electron chi connectivity index (χ1n) is 4.26. The van der Waals surface area contributed by atoms with Crippen LogP contribution < -0.4 is 5.46 Å². The SMILES string of the molecule is COC(=O)Cc1ccc(F)c(B(O)O)c1. The average Bonchev–Trinajstić information content (AvgIpc) is 2.20. The third kappa shape index (κ3) is 3.04. The summed E-state index contributed by atoms with van der Waals surface area (Å²) in [6.45, 7) is 0. The summed E-state index contributed by atoms with van der Waals surface area (Å²) in [6, 6.07) is 3.68. The number of benzene rings is 1. The third-order valence-electron chi connectivity index (χ3n) is 1.91. The van der Waals surface area contributed by atoms with Gasteiger partial charge in [-0.15, -0.1) is 0 Å². The monoisotopic (exact) mass is 212 g/mol. The Kier molecular flexibility index (Phi) is 3.82. The first-order valence-corrected chi connectivity index (χ1v) is 4.26. The van der Waals surface area contributed by atoms with Gasteiger partial charge in [-0.1, -0.05) is 12.1 Å². The molecular weight excluding hydrogens is 202 g/mol. The highest BCUT2D eigenvalue weighted by atomic mass is 19.1. The van der Waals surface area contributed by atoms with Crippen molar-refractivity contribution < 1.29 is 24.0 Å². The lowest BCUT2D eigenvalue weighted by atomic mass is 9.79. The Morgan fingerprint density at radius 2 is 2.20 bits per heavy atom. The van der Waals surface area contributed by atoms with Gasteiger partial charge in [0.1, 0.15) is 5.82 Å². The Hall–Kier alpha value is -1.40. The third-order valence-corrected chi connectivity index (χ3v) is 1.91. The van der Waals surface area contributed by atoms with Crippen LogP contribution in [0.1, 0.15) is 5.56 Å². The molecule has 4 nitrogen and oxygen atoms in total. The van der Waals surface area contributed by atoms with Crippen LogP contribution in [0.2, 0.25) is 0 Å². The lowest BCUT2D eigenvalue weighted by Gasteiger charge is -2.05. The molecule has 1 aromatic carbocycles. The van der Waals surface area contributed by atoms with Gasteiger partial charge in [-0.3, -0.25) is 4.79 Å². The van der Waals surface area contributed by atoms with Gasteiger partial charge in [0.2, 0.25) is 0 Å². The Bertz CT molecular complexity index is 367. The highest BCUT2D eigenvalue weighted by molar-refractivity contribution is 6.58. The maximum absolute atomic E-state index is 13.0. The van der Waals surface area contributed by atoms with Crippen molar-refractivity contribution in [1.29, 1.82) is 0 Å². The van der Waals surface area contributed by atoms with E-state index in [9.17, 15) is 9.18 Å². The van der Waals surface area contributed by atoms with Crippen molar-refractivity contribution in [2.24, 2.45) is 0 Å². The predicted octanol–water partition coefficient (Wildman–Crippen LogP) is -0.779. The molecule has 0 bridgehead atoms. The minimum atomic E-state index is -1.89. The molecule has 0 atom stereocenters. The van der Waals surface area contributed by atoms with E-state index in [1.807, 2.05) is 0 Å². The molecule has 0 aliphatic rings. The summed E-state index contributed by atoms with van der Waals surface area (Å²) >= 11 is 0. The van der Waals surface area contributed by atoms with Crippen LogP contribution in [-0.2, 0) is 16.0 Å². The van der Waals surface area contributed by atoms with Gasteiger partial charge in [0.25, 0.3) is 0 Å². The molecule has 0 aliphatic carbocycles. The second-order valence-electron chi connectivity index (χ2n) is 2.98. The van der Waals surface area contributed by atoms with Crippen molar-refractivity contribution in [1.82, 2.24) is 0 Å². The second kappa shape index (κ2) is 4.90. The molecule has 15 heavy (non-hydrogen) atoms. The van der Waals surface area contributed by atoms with E-state index in [-0.39, 0.29) is 11.9 Å². The molecule has 0 fully saturated rings. The van der Waals surface area contributed by atoms with Crippen LogP contribution in [0.4, 0.5) is 4.39 Å². The van der Waals surface area contributed by atoms with Crippen LogP contribution in [0, 0.1) is 5.82 Å². The van der Waals surface area contributed by atoms with Crippen LogP contribution in [-0.4, -0.2) is 30.2 Å². The summed E-state index contributed by atoms with van der Waals surface area (Å²) in [7, 11) is -0.643. The molecule has 2 N–H and O–H groups in total. The van der Waals surface area contributed by atoms with Gasteiger partial charge in [0, 0.05) is 5.46 Å². The Balaban J connectivity index is 2.92. The van der Waals surface area contributed by atoms with E-state index < -0.39 is 18.9 Å². The number of ether oxygens (including phenoxy) is 1. The Morgan fingerprint density at radius 1 is 1.53 bits per heavy atom. The largest absolute Gasteiger partial charge is 0.491 e. The molecule has 0 aromatic heterocycles. The van der Waals surface area contributed by atoms with Crippen molar-refractivity contribution in [3.05, 3.63) is 29.6 Å². The molecule has 0 radical (unpaired) electrons. The van der Waals surface area contributed by atoms with E-state index in [2.05, 4.69) is 4.74 Å². The van der Waals surface area contributed by atoms with E-state index in [0.717, 1.165) is 6.07 Å². The minimum absolute atomic E-state index is 0.0313. The first kappa shape index (κ1) is 11.7. The van der Waals surface area contributed by atoms with Crippen molar-refractivity contribution in [2.45, 2.75) is 6.42 Å². The Morgan fingerprint density at radius 3 is 2.73 bits per heavy atom. The number of halogens is 1. The van der Waals surface area contributed by atoms with Gasteiger partial charge in [-0.05, 0) is 11.6 Å². The maximum atomic E-state index is 13.0. The lowest BCUT2D eigenvalue weighted by molar-refractivity contribution is -0.139. The zero-order valence-corrected chi connectivity index (χ0v) is 8.11. The van der Waals surface area contributed by atoms with Crippen LogP contribution in [0.15, 0.2) is 18.2 Å². The molecule has 1 rings (SSSR count). The standard InChI is InChI=1S/C9H10BFO4/c1-15-9(12)5-6-2-3-8(11)7(4-6)10(13)14/h2-4,13-14H,5H2,1H3. The number of rotatable bonds is 3. The van der Waals surface area contributed by atoms with Crippen LogP contribution >= 0.6 is 0 Å². The molecule has 0 saturated carbocycles. The fourth-order valence-corrected chi connectivity index (χ4v) is 1.14. The second-order valence-corrected chi connectivity index (χ2v) is 2.98. The summed E-state index contributed by atoms with van der Waals surface area (Å²) in [5, 5.41) is 17.6. The fraction of sp³-hybridized carbons (Fsp3) is 0.222. The van der Waals surface area contributed by atoms with Gasteiger partial charge >= 0.3 is 13.1 Å². The minimum Gasteiger partial charge on any atom is -0.469 e. The van der Waals surface area contributed by atoms with Crippen molar-refractivity contribution >= 4 is 18.6 Å². The van der Waals surface area contributed by atoms with E-state index in [4.69, 9.17) is 10.0 Å². The molecule has 0 spiro atoms. The summed E-state index contributed by atoms with van der Waals surface area (Å²) in [4.78, 5) is 10.9. The van der Waals surface area contributed by atoms with Crippen LogP contribution in [0.25, 0.3) is 0 Å². The van der Waals surface area contributed by atoms with Gasteiger partial charge in [0.15, 0.2) is 0 Å². The summed E-state index contributed by atoms with van der Waals surface area (Å²) in [6.07, 6.45) is -0.0313. The lowest BCUT2D eigenvalue weighted by Crippen LogP contribution is -2.33. The molecule has 0 heterocycles. The van der Waals surface area contributed by atoms with Crippen LogP contribution in [0.5, 0.6) is 0 Å². The smallest absolute Gasteiger partial charge is 0.469 e. The molecular formula is C9H10BFO4. The van der Waals surface area contributed by atoms with E-state index in [0.29, 0.717) is 5.56 Å². The van der Waals surface area contributed by atoms with E-state index in [1.165, 1.54) is 19.2 Å². The summed E-state index contributed by atoms with van der Waals surface area (Å²) in [5.41, 5.74) is 0.211. The predicted molar refractivity (Wildman–Crippen MR) is 51.9 cm³/mol. The number of methoxy groups -OCH3 is 1. The van der Waals surface area contributed by atoms with Gasteiger partial charge < -0.3 is 14.8 Å². The highest BCUT2D eigenvalue weighted by Crippen LogP contribution is 2.03. The maximum Gasteiger partial charge on any atom is 0.491 e. The molecule has 0 aliphatic heterocycles. The number of hydrogen-bond acceptors (Lipinski definition) is 4. The van der Waals surface area contributed by atoms with Gasteiger partial charge in [0.05, 0.1) is 13.5 Å². The van der Waals surface area contributed by atoms with Crippen LogP contribution in [0.3, 0.4) is 0 Å². The van der Waals surface area contributed by atoms with Gasteiger partial charge in [-0.2, -0.15) is 0 Å². The number of esters is 1. The van der Waals surface area contributed by atoms with Gasteiger partial charge in [-0.25, -0.2) is 4.39 Å².